The highest BCUT2D eigenvalue weighted by Crippen LogP contribution is 2.34. The van der Waals surface area contributed by atoms with E-state index in [-0.39, 0.29) is 18.5 Å². The molecule has 0 radical (unpaired) electrons. The van der Waals surface area contributed by atoms with Crippen molar-refractivity contribution >= 4 is 23.3 Å². The lowest BCUT2D eigenvalue weighted by molar-refractivity contribution is -0.125. The molecule has 3 heterocycles. The number of carbonyl (C=O) groups is 2. The van der Waals surface area contributed by atoms with Gasteiger partial charge in [-0.05, 0) is 37.3 Å². The Morgan fingerprint density at radius 1 is 1.35 bits per heavy atom. The maximum Gasteiger partial charge on any atom is 0.324 e. The Labute approximate surface area is 122 Å². The van der Waals surface area contributed by atoms with Crippen LogP contribution in [0, 0.1) is 0 Å². The van der Waals surface area contributed by atoms with Gasteiger partial charge in [-0.15, -0.1) is 11.3 Å². The van der Waals surface area contributed by atoms with Crippen LogP contribution < -0.4 is 5.32 Å². The summed E-state index contributed by atoms with van der Waals surface area (Å²) >= 11 is 1.81. The molecule has 1 aromatic heterocycles. The van der Waals surface area contributed by atoms with Crippen LogP contribution in [0.25, 0.3) is 0 Å². The fraction of sp³-hybridized carbons (Fsp3) is 0.571. The van der Waals surface area contributed by atoms with E-state index in [0.717, 1.165) is 19.5 Å². The van der Waals surface area contributed by atoms with Crippen LogP contribution in [0.15, 0.2) is 17.5 Å². The number of likely N-dealkylation sites (tertiary alicyclic amines) is 1. The highest BCUT2D eigenvalue weighted by atomic mass is 32.1. The van der Waals surface area contributed by atoms with Crippen LogP contribution >= 0.6 is 11.3 Å². The van der Waals surface area contributed by atoms with E-state index in [1.807, 2.05) is 11.3 Å². The predicted molar refractivity (Wildman–Crippen MR) is 77.6 cm³/mol. The third-order valence-electron chi connectivity index (χ3n) is 4.00. The van der Waals surface area contributed by atoms with Crippen LogP contribution in [0.4, 0.5) is 4.79 Å². The van der Waals surface area contributed by atoms with Gasteiger partial charge in [0.05, 0.1) is 6.54 Å². The second kappa shape index (κ2) is 5.93. The van der Waals surface area contributed by atoms with E-state index < -0.39 is 0 Å². The van der Waals surface area contributed by atoms with Crippen molar-refractivity contribution in [2.75, 3.05) is 26.2 Å². The predicted octanol–water partition coefficient (Wildman–Crippen LogP) is 1.83. The Hall–Kier alpha value is -1.40. The summed E-state index contributed by atoms with van der Waals surface area (Å²) in [6, 6.07) is 4.58. The van der Waals surface area contributed by atoms with Gasteiger partial charge >= 0.3 is 6.03 Å². The molecule has 2 aliphatic rings. The molecular weight excluding hydrogens is 274 g/mol. The normalized spacial score (nSPS) is 23.6. The zero-order valence-corrected chi connectivity index (χ0v) is 12.2. The number of thiophene rings is 1. The fourth-order valence-corrected chi connectivity index (χ4v) is 3.91. The van der Waals surface area contributed by atoms with E-state index in [4.69, 9.17) is 0 Å². The molecule has 1 N–H and O–H groups in total. The Morgan fingerprint density at radius 2 is 2.25 bits per heavy atom. The smallest absolute Gasteiger partial charge is 0.324 e. The molecule has 0 spiro atoms. The van der Waals surface area contributed by atoms with Crippen molar-refractivity contribution < 1.29 is 9.59 Å². The molecule has 20 heavy (non-hydrogen) atoms. The highest BCUT2D eigenvalue weighted by Gasteiger charge is 2.29. The number of nitrogens with zero attached hydrogens (tertiary/aromatic N) is 2. The lowest BCUT2D eigenvalue weighted by Gasteiger charge is -2.24. The van der Waals surface area contributed by atoms with Crippen molar-refractivity contribution in [2.45, 2.75) is 25.3 Å². The summed E-state index contributed by atoms with van der Waals surface area (Å²) in [5, 5.41) is 4.68. The number of amides is 3. The monoisotopic (exact) mass is 293 g/mol. The first-order chi connectivity index (χ1) is 9.75. The molecule has 0 aliphatic carbocycles. The zero-order chi connectivity index (χ0) is 13.9. The van der Waals surface area contributed by atoms with Crippen molar-refractivity contribution in [3.05, 3.63) is 22.4 Å². The Kier molecular flexibility index (Phi) is 4.03. The lowest BCUT2D eigenvalue weighted by atomic mass is 10.2. The van der Waals surface area contributed by atoms with Gasteiger partial charge in [-0.1, -0.05) is 6.07 Å². The van der Waals surface area contributed by atoms with Crippen LogP contribution in [0.1, 0.15) is 30.2 Å². The molecule has 1 aromatic rings. The molecule has 3 rings (SSSR count). The minimum absolute atomic E-state index is 0.105. The fourth-order valence-electron chi connectivity index (χ4n) is 3.01. The van der Waals surface area contributed by atoms with Gasteiger partial charge in [0.2, 0.25) is 5.91 Å². The largest absolute Gasteiger partial charge is 0.329 e. The third kappa shape index (κ3) is 2.71. The molecule has 1 atom stereocenters. The van der Waals surface area contributed by atoms with Gasteiger partial charge in [0.15, 0.2) is 0 Å². The van der Waals surface area contributed by atoms with Crippen LogP contribution in [0.5, 0.6) is 0 Å². The SMILES string of the molecule is O=C1CNC(=O)N1CCCN1CCC[C@H]1c1cccs1. The number of hydrogen-bond acceptors (Lipinski definition) is 4. The van der Waals surface area contributed by atoms with E-state index in [1.54, 1.807) is 0 Å². The number of carbonyl (C=O) groups excluding carboxylic acids is 2. The molecule has 2 saturated heterocycles. The summed E-state index contributed by atoms with van der Waals surface area (Å²) in [6.07, 6.45) is 3.29. The van der Waals surface area contributed by atoms with E-state index in [9.17, 15) is 9.59 Å². The van der Waals surface area contributed by atoms with E-state index in [2.05, 4.69) is 27.7 Å². The van der Waals surface area contributed by atoms with E-state index in [1.165, 1.54) is 22.6 Å². The molecular formula is C14H19N3O2S. The Balaban J connectivity index is 1.51. The zero-order valence-electron chi connectivity index (χ0n) is 11.4. The summed E-state index contributed by atoms with van der Waals surface area (Å²) in [7, 11) is 0. The van der Waals surface area contributed by atoms with E-state index >= 15 is 0 Å². The van der Waals surface area contributed by atoms with Gasteiger partial charge in [0.1, 0.15) is 0 Å². The number of hydrogen-bond donors (Lipinski definition) is 1. The minimum atomic E-state index is -0.244. The average molecular weight is 293 g/mol. The van der Waals surface area contributed by atoms with Gasteiger partial charge in [-0.2, -0.15) is 0 Å². The maximum absolute atomic E-state index is 11.5. The molecule has 3 amide bonds. The molecule has 0 bridgehead atoms. The van der Waals surface area contributed by atoms with Gasteiger partial charge < -0.3 is 5.32 Å². The van der Waals surface area contributed by atoms with Gasteiger partial charge in [0, 0.05) is 24.0 Å². The second-order valence-electron chi connectivity index (χ2n) is 5.27. The molecule has 5 nitrogen and oxygen atoms in total. The topological polar surface area (TPSA) is 52.7 Å². The van der Waals surface area contributed by atoms with Crippen LogP contribution in [0.3, 0.4) is 0 Å². The number of rotatable bonds is 5. The summed E-state index contributed by atoms with van der Waals surface area (Å²) in [6.45, 7) is 2.74. The lowest BCUT2D eigenvalue weighted by Crippen LogP contribution is -2.34. The van der Waals surface area contributed by atoms with Crippen molar-refractivity contribution in [1.82, 2.24) is 15.1 Å². The van der Waals surface area contributed by atoms with Crippen molar-refractivity contribution in [3.8, 4) is 0 Å². The summed E-state index contributed by atoms with van der Waals surface area (Å²) < 4.78 is 0. The van der Waals surface area contributed by atoms with Crippen LogP contribution in [-0.4, -0.2) is 47.9 Å². The van der Waals surface area contributed by atoms with Crippen molar-refractivity contribution in [1.29, 1.82) is 0 Å². The average Bonchev–Trinajstić information content (AvgIpc) is 3.14. The third-order valence-corrected chi connectivity index (χ3v) is 4.97. The molecule has 2 fully saturated rings. The van der Waals surface area contributed by atoms with Crippen molar-refractivity contribution in [2.24, 2.45) is 0 Å². The van der Waals surface area contributed by atoms with Gasteiger partial charge in [0.25, 0.3) is 0 Å². The standard InChI is InChI=1S/C14H19N3O2S/c18-13-10-15-14(19)17(13)8-3-7-16-6-1-4-11(16)12-5-2-9-20-12/h2,5,9,11H,1,3-4,6-8,10H2,(H,15,19)/t11-/m0/s1. The Bertz CT molecular complexity index is 473. The molecule has 108 valence electrons. The Morgan fingerprint density at radius 3 is 2.95 bits per heavy atom. The molecule has 6 heteroatoms. The van der Waals surface area contributed by atoms with Crippen molar-refractivity contribution in [3.63, 3.8) is 0 Å². The summed E-state index contributed by atoms with van der Waals surface area (Å²) in [5.74, 6) is -0.105. The molecule has 0 aromatic carbocycles. The molecule has 0 saturated carbocycles. The first-order valence-electron chi connectivity index (χ1n) is 7.11. The molecule has 0 unspecified atom stereocenters. The first kappa shape index (κ1) is 13.6. The number of imide groups is 1. The van der Waals surface area contributed by atoms with E-state index in [0.29, 0.717) is 12.6 Å². The van der Waals surface area contributed by atoms with Gasteiger partial charge in [-0.3, -0.25) is 14.6 Å². The second-order valence-corrected chi connectivity index (χ2v) is 6.25. The maximum atomic E-state index is 11.5. The minimum Gasteiger partial charge on any atom is -0.329 e. The summed E-state index contributed by atoms with van der Waals surface area (Å²) in [4.78, 5) is 28.2. The number of nitrogens with one attached hydrogen (secondary N) is 1. The quantitative estimate of drug-likeness (QED) is 0.843. The van der Waals surface area contributed by atoms with Gasteiger partial charge in [-0.25, -0.2) is 4.79 Å². The molecule has 2 aliphatic heterocycles. The number of urea groups is 1. The summed E-state index contributed by atoms with van der Waals surface area (Å²) in [5.41, 5.74) is 0. The van der Waals surface area contributed by atoms with Crippen LogP contribution in [0.2, 0.25) is 0 Å². The van der Waals surface area contributed by atoms with Crippen LogP contribution in [-0.2, 0) is 4.79 Å². The first-order valence-corrected chi connectivity index (χ1v) is 7.99. The highest BCUT2D eigenvalue weighted by molar-refractivity contribution is 7.10.